The molecule has 24 heavy (non-hydrogen) atoms. The molecule has 1 aliphatic heterocycles. The molecule has 126 valence electrons. The smallest absolute Gasteiger partial charge is 0.287 e. The number of hydrogen-bond acceptors (Lipinski definition) is 5. The van der Waals surface area contributed by atoms with Gasteiger partial charge in [-0.15, -0.1) is 0 Å². The molecule has 1 amide bonds. The Labute approximate surface area is 143 Å². The van der Waals surface area contributed by atoms with Crippen LogP contribution < -0.4 is 16.2 Å². The number of ether oxygens (including phenoxy) is 1. The molecule has 1 aliphatic rings. The molecule has 2 aromatic rings. The number of anilines is 3. The lowest BCUT2D eigenvalue weighted by atomic mass is 10.2. The molecule has 1 unspecified atom stereocenters. The lowest BCUT2D eigenvalue weighted by molar-refractivity contribution is -0.124. The summed E-state index contributed by atoms with van der Waals surface area (Å²) < 4.78 is 6.51. The predicted molar refractivity (Wildman–Crippen MR) is 91.8 cm³/mol. The van der Waals surface area contributed by atoms with E-state index in [2.05, 4.69) is 15.7 Å². The number of nitrogens with one attached hydrogen (secondary N) is 2. The van der Waals surface area contributed by atoms with Gasteiger partial charge < -0.3 is 15.4 Å². The number of rotatable bonds is 4. The number of halogens is 1. The maximum atomic E-state index is 12.0. The molecule has 0 bridgehead atoms. The SMILES string of the molecule is Cn1ncc(Nc2ccc(NC(=O)C3CCCO3)cc2)c(Cl)c1=O. The molecule has 1 aromatic heterocycles. The van der Waals surface area contributed by atoms with Crippen LogP contribution in [0.3, 0.4) is 0 Å². The second-order valence-electron chi connectivity index (χ2n) is 5.49. The fourth-order valence-electron chi connectivity index (χ4n) is 2.40. The number of aryl methyl sites for hydroxylation is 1. The van der Waals surface area contributed by atoms with Gasteiger partial charge in [0.2, 0.25) is 0 Å². The van der Waals surface area contributed by atoms with Crippen LogP contribution in [0.1, 0.15) is 12.8 Å². The third-order valence-electron chi connectivity index (χ3n) is 3.73. The van der Waals surface area contributed by atoms with Gasteiger partial charge in [0.15, 0.2) is 0 Å². The fraction of sp³-hybridized carbons (Fsp3) is 0.312. The quantitative estimate of drug-likeness (QED) is 0.885. The first-order chi connectivity index (χ1) is 11.5. The second-order valence-corrected chi connectivity index (χ2v) is 5.87. The molecular formula is C16H17ClN4O3. The van der Waals surface area contributed by atoms with Gasteiger partial charge in [0, 0.05) is 25.0 Å². The van der Waals surface area contributed by atoms with Gasteiger partial charge in [0.25, 0.3) is 11.5 Å². The molecule has 7 nitrogen and oxygen atoms in total. The predicted octanol–water partition coefficient (Wildman–Crippen LogP) is 2.29. The largest absolute Gasteiger partial charge is 0.368 e. The summed E-state index contributed by atoms with van der Waals surface area (Å²) in [6.07, 6.45) is 2.77. The van der Waals surface area contributed by atoms with Crippen molar-refractivity contribution in [2.24, 2.45) is 7.05 Å². The normalized spacial score (nSPS) is 16.8. The summed E-state index contributed by atoms with van der Waals surface area (Å²) in [6.45, 7) is 0.631. The van der Waals surface area contributed by atoms with Crippen LogP contribution in [0, 0.1) is 0 Å². The number of carbonyl (C=O) groups excluding carboxylic acids is 1. The minimum Gasteiger partial charge on any atom is -0.368 e. The third kappa shape index (κ3) is 3.58. The molecule has 1 atom stereocenters. The Balaban J connectivity index is 1.67. The van der Waals surface area contributed by atoms with Gasteiger partial charge >= 0.3 is 0 Å². The Morgan fingerprint density at radius 2 is 2.04 bits per heavy atom. The minimum atomic E-state index is -0.373. The van der Waals surface area contributed by atoms with Crippen LogP contribution >= 0.6 is 11.6 Å². The summed E-state index contributed by atoms with van der Waals surface area (Å²) in [4.78, 5) is 23.7. The van der Waals surface area contributed by atoms with Crippen molar-refractivity contribution in [2.75, 3.05) is 17.2 Å². The van der Waals surface area contributed by atoms with Gasteiger partial charge in [-0.1, -0.05) is 11.6 Å². The summed E-state index contributed by atoms with van der Waals surface area (Å²) in [5, 5.41) is 9.85. The van der Waals surface area contributed by atoms with Gasteiger partial charge in [0.1, 0.15) is 11.1 Å². The second kappa shape index (κ2) is 7.02. The standard InChI is InChI=1S/C16H17ClN4O3/c1-21-16(23)14(17)12(9-18-21)19-10-4-6-11(7-5-10)20-15(22)13-3-2-8-24-13/h4-7,9,13,19H,2-3,8H2,1H3,(H,20,22). The van der Waals surface area contributed by atoms with E-state index in [-0.39, 0.29) is 22.6 Å². The summed E-state index contributed by atoms with van der Waals surface area (Å²) in [5.41, 5.74) is 1.45. The van der Waals surface area contributed by atoms with E-state index in [1.54, 1.807) is 24.3 Å². The number of nitrogens with zero attached hydrogens (tertiary/aromatic N) is 2. The highest BCUT2D eigenvalue weighted by atomic mass is 35.5. The van der Waals surface area contributed by atoms with Gasteiger partial charge in [-0.25, -0.2) is 4.68 Å². The van der Waals surface area contributed by atoms with E-state index in [0.717, 1.165) is 23.2 Å². The van der Waals surface area contributed by atoms with Crippen molar-refractivity contribution < 1.29 is 9.53 Å². The highest BCUT2D eigenvalue weighted by Gasteiger charge is 2.23. The Kier molecular flexibility index (Phi) is 4.82. The Morgan fingerprint density at radius 3 is 2.71 bits per heavy atom. The van der Waals surface area contributed by atoms with E-state index in [9.17, 15) is 9.59 Å². The molecule has 0 radical (unpaired) electrons. The van der Waals surface area contributed by atoms with Gasteiger partial charge in [-0.2, -0.15) is 5.10 Å². The molecular weight excluding hydrogens is 332 g/mol. The maximum absolute atomic E-state index is 12.0. The highest BCUT2D eigenvalue weighted by Crippen LogP contribution is 2.23. The van der Waals surface area contributed by atoms with Crippen LogP contribution in [0.2, 0.25) is 5.02 Å². The minimum absolute atomic E-state index is 0.0725. The molecule has 8 heteroatoms. The van der Waals surface area contributed by atoms with Gasteiger partial charge in [-0.05, 0) is 37.1 Å². The number of benzene rings is 1. The van der Waals surface area contributed by atoms with Crippen LogP contribution in [-0.4, -0.2) is 28.4 Å². The van der Waals surface area contributed by atoms with Crippen molar-refractivity contribution in [2.45, 2.75) is 18.9 Å². The van der Waals surface area contributed by atoms with E-state index in [1.165, 1.54) is 13.2 Å². The molecule has 1 saturated heterocycles. The lowest BCUT2D eigenvalue weighted by Gasteiger charge is -2.12. The first-order valence-corrected chi connectivity index (χ1v) is 7.94. The number of hydrogen-bond donors (Lipinski definition) is 2. The van der Waals surface area contributed by atoms with Gasteiger partial charge in [-0.3, -0.25) is 9.59 Å². The van der Waals surface area contributed by atoms with Crippen LogP contribution in [-0.2, 0) is 16.6 Å². The average molecular weight is 349 g/mol. The zero-order chi connectivity index (χ0) is 17.1. The molecule has 2 heterocycles. The van der Waals surface area contributed by atoms with Crippen LogP contribution in [0.4, 0.5) is 17.1 Å². The van der Waals surface area contributed by atoms with Gasteiger partial charge in [0.05, 0.1) is 11.9 Å². The topological polar surface area (TPSA) is 85.2 Å². The van der Waals surface area contributed by atoms with E-state index in [4.69, 9.17) is 16.3 Å². The average Bonchev–Trinajstić information content (AvgIpc) is 3.12. The van der Waals surface area contributed by atoms with Crippen LogP contribution in [0.15, 0.2) is 35.3 Å². The zero-order valence-electron chi connectivity index (χ0n) is 13.1. The van der Waals surface area contributed by atoms with E-state index < -0.39 is 0 Å². The lowest BCUT2D eigenvalue weighted by Crippen LogP contribution is -2.26. The van der Waals surface area contributed by atoms with E-state index >= 15 is 0 Å². The van der Waals surface area contributed by atoms with Crippen LogP contribution in [0.5, 0.6) is 0 Å². The maximum Gasteiger partial charge on any atom is 0.287 e. The van der Waals surface area contributed by atoms with Crippen molar-refractivity contribution in [1.82, 2.24) is 9.78 Å². The Hall–Kier alpha value is -2.38. The van der Waals surface area contributed by atoms with Crippen molar-refractivity contribution >= 4 is 34.6 Å². The first-order valence-electron chi connectivity index (χ1n) is 7.56. The highest BCUT2D eigenvalue weighted by molar-refractivity contribution is 6.33. The summed E-state index contributed by atoms with van der Waals surface area (Å²) in [7, 11) is 1.53. The summed E-state index contributed by atoms with van der Waals surface area (Å²) in [5.74, 6) is -0.132. The van der Waals surface area contributed by atoms with Crippen molar-refractivity contribution in [3.05, 3.63) is 45.8 Å². The van der Waals surface area contributed by atoms with Crippen LogP contribution in [0.25, 0.3) is 0 Å². The van der Waals surface area contributed by atoms with Crippen molar-refractivity contribution in [1.29, 1.82) is 0 Å². The molecule has 1 aromatic carbocycles. The van der Waals surface area contributed by atoms with E-state index in [0.29, 0.717) is 18.0 Å². The molecule has 0 saturated carbocycles. The Bertz CT molecular complexity index is 798. The third-order valence-corrected chi connectivity index (χ3v) is 4.10. The molecule has 3 rings (SSSR count). The fourth-order valence-corrected chi connectivity index (χ4v) is 2.62. The first kappa shape index (κ1) is 16.5. The zero-order valence-corrected chi connectivity index (χ0v) is 13.8. The number of carbonyl (C=O) groups is 1. The molecule has 2 N–H and O–H groups in total. The van der Waals surface area contributed by atoms with E-state index in [1.807, 2.05) is 0 Å². The molecule has 1 fully saturated rings. The molecule has 0 spiro atoms. The van der Waals surface area contributed by atoms with Crippen molar-refractivity contribution in [3.63, 3.8) is 0 Å². The monoisotopic (exact) mass is 348 g/mol. The van der Waals surface area contributed by atoms with Crippen molar-refractivity contribution in [3.8, 4) is 0 Å². The summed E-state index contributed by atoms with van der Waals surface area (Å²) in [6, 6.07) is 7.08. The number of aromatic nitrogens is 2. The summed E-state index contributed by atoms with van der Waals surface area (Å²) >= 11 is 6.01. The number of amides is 1. The molecule has 0 aliphatic carbocycles. The Morgan fingerprint density at radius 1 is 1.33 bits per heavy atom.